The fourth-order valence-electron chi connectivity index (χ4n) is 5.39. The summed E-state index contributed by atoms with van der Waals surface area (Å²) in [6.07, 6.45) is 9.79. The maximum atomic E-state index is 13.5. The van der Waals surface area contributed by atoms with Gasteiger partial charge < -0.3 is 9.72 Å². The van der Waals surface area contributed by atoms with Gasteiger partial charge >= 0.3 is 0 Å². The fraction of sp³-hybridized carbons (Fsp3) is 0.194. The van der Waals surface area contributed by atoms with Crippen molar-refractivity contribution < 1.29 is 9.13 Å². The third-order valence-electron chi connectivity index (χ3n) is 7.44. The van der Waals surface area contributed by atoms with E-state index in [1.165, 1.54) is 25.0 Å². The molecule has 2 N–H and O–H groups in total. The SMILES string of the molecule is Fc1ccc(-c2cncc3[nH]c(-c4n[nH]c5ccc(-c6cncc(OCCN7CCCC7)c6)cc45)cc23)cc1. The molecule has 7 nitrogen and oxygen atoms in total. The number of rotatable bonds is 7. The Kier molecular flexibility index (Phi) is 6.01. The van der Waals surface area contributed by atoms with Crippen molar-refractivity contribution >= 4 is 21.8 Å². The van der Waals surface area contributed by atoms with Crippen molar-refractivity contribution in [3.8, 4) is 39.4 Å². The largest absolute Gasteiger partial charge is 0.491 e. The monoisotopic (exact) mass is 518 g/mol. The highest BCUT2D eigenvalue weighted by Crippen LogP contribution is 2.35. The molecule has 0 bridgehead atoms. The van der Waals surface area contributed by atoms with E-state index in [2.05, 4.69) is 48.2 Å². The molecule has 2 aromatic carbocycles. The number of halogens is 1. The van der Waals surface area contributed by atoms with Gasteiger partial charge in [0, 0.05) is 40.8 Å². The quantitative estimate of drug-likeness (QED) is 0.254. The molecule has 39 heavy (non-hydrogen) atoms. The number of aromatic nitrogens is 5. The van der Waals surface area contributed by atoms with Gasteiger partial charge in [0.1, 0.15) is 23.9 Å². The van der Waals surface area contributed by atoms with E-state index in [1.54, 1.807) is 30.7 Å². The van der Waals surface area contributed by atoms with Crippen molar-refractivity contribution in [2.45, 2.75) is 12.8 Å². The third kappa shape index (κ3) is 4.64. The van der Waals surface area contributed by atoms with Crippen molar-refractivity contribution in [2.24, 2.45) is 0 Å². The molecule has 0 saturated carbocycles. The molecule has 4 aromatic heterocycles. The lowest BCUT2D eigenvalue weighted by Crippen LogP contribution is -2.25. The van der Waals surface area contributed by atoms with Gasteiger partial charge in [0.2, 0.25) is 0 Å². The minimum absolute atomic E-state index is 0.262. The van der Waals surface area contributed by atoms with Crippen molar-refractivity contribution in [3.63, 3.8) is 0 Å². The number of benzene rings is 2. The number of nitrogens with one attached hydrogen (secondary N) is 2. The van der Waals surface area contributed by atoms with Crippen LogP contribution in [0.2, 0.25) is 0 Å². The molecule has 1 aliphatic rings. The first-order chi connectivity index (χ1) is 19.2. The number of hydrogen-bond acceptors (Lipinski definition) is 5. The lowest BCUT2D eigenvalue weighted by molar-refractivity contribution is 0.237. The van der Waals surface area contributed by atoms with Crippen LogP contribution < -0.4 is 4.74 Å². The van der Waals surface area contributed by atoms with Crippen LogP contribution in [-0.4, -0.2) is 56.3 Å². The predicted molar refractivity (Wildman–Crippen MR) is 151 cm³/mol. The van der Waals surface area contributed by atoms with Gasteiger partial charge in [-0.2, -0.15) is 5.10 Å². The van der Waals surface area contributed by atoms with E-state index in [0.717, 1.165) is 80.8 Å². The third-order valence-corrected chi connectivity index (χ3v) is 7.44. The van der Waals surface area contributed by atoms with Gasteiger partial charge in [-0.3, -0.25) is 20.0 Å². The summed E-state index contributed by atoms with van der Waals surface area (Å²) >= 11 is 0. The molecule has 0 amide bonds. The Morgan fingerprint density at radius 1 is 0.795 bits per heavy atom. The van der Waals surface area contributed by atoms with E-state index in [9.17, 15) is 4.39 Å². The van der Waals surface area contributed by atoms with Gasteiger partial charge in [0.25, 0.3) is 0 Å². The van der Waals surface area contributed by atoms with Gasteiger partial charge in [-0.25, -0.2) is 4.39 Å². The normalized spacial score (nSPS) is 14.0. The van der Waals surface area contributed by atoms with Gasteiger partial charge in [-0.05, 0) is 73.5 Å². The van der Waals surface area contributed by atoms with Crippen molar-refractivity contribution in [1.82, 2.24) is 30.0 Å². The van der Waals surface area contributed by atoms with Gasteiger partial charge in [0.05, 0.1) is 29.1 Å². The number of ether oxygens (including phenoxy) is 1. The zero-order chi connectivity index (χ0) is 26.2. The Hall–Kier alpha value is -4.56. The Balaban J connectivity index is 1.20. The Morgan fingerprint density at radius 3 is 2.49 bits per heavy atom. The second-order valence-electron chi connectivity index (χ2n) is 9.98. The van der Waals surface area contributed by atoms with E-state index in [1.807, 2.05) is 18.3 Å². The Labute approximate surface area is 224 Å². The summed E-state index contributed by atoms with van der Waals surface area (Å²) in [5, 5.41) is 9.79. The van der Waals surface area contributed by atoms with Crippen molar-refractivity contribution in [2.75, 3.05) is 26.2 Å². The van der Waals surface area contributed by atoms with Crippen molar-refractivity contribution in [1.29, 1.82) is 0 Å². The fourth-order valence-corrected chi connectivity index (χ4v) is 5.39. The molecule has 1 aliphatic heterocycles. The molecule has 0 spiro atoms. The van der Waals surface area contributed by atoms with Gasteiger partial charge in [-0.1, -0.05) is 18.2 Å². The molecule has 194 valence electrons. The Morgan fingerprint density at radius 2 is 1.62 bits per heavy atom. The van der Waals surface area contributed by atoms with Crippen LogP contribution in [0, 0.1) is 5.82 Å². The van der Waals surface area contributed by atoms with Gasteiger partial charge in [0.15, 0.2) is 0 Å². The van der Waals surface area contributed by atoms with E-state index >= 15 is 0 Å². The molecule has 8 heteroatoms. The zero-order valence-electron chi connectivity index (χ0n) is 21.3. The Bertz CT molecular complexity index is 1770. The number of aromatic amines is 2. The second-order valence-corrected chi connectivity index (χ2v) is 9.98. The smallest absolute Gasteiger partial charge is 0.138 e. The average molecular weight is 519 g/mol. The lowest BCUT2D eigenvalue weighted by Gasteiger charge is -2.15. The number of hydrogen-bond donors (Lipinski definition) is 2. The first-order valence-electron chi connectivity index (χ1n) is 13.2. The van der Waals surface area contributed by atoms with Crippen LogP contribution >= 0.6 is 0 Å². The molecular weight excluding hydrogens is 491 g/mol. The minimum Gasteiger partial charge on any atom is -0.491 e. The molecule has 5 heterocycles. The van der Waals surface area contributed by atoms with Crippen LogP contribution in [0.1, 0.15) is 12.8 Å². The topological polar surface area (TPSA) is 82.7 Å². The van der Waals surface area contributed by atoms with Crippen LogP contribution in [0.3, 0.4) is 0 Å². The van der Waals surface area contributed by atoms with Crippen LogP contribution in [0.4, 0.5) is 4.39 Å². The van der Waals surface area contributed by atoms with Crippen LogP contribution in [0.15, 0.2) is 79.4 Å². The van der Waals surface area contributed by atoms with Gasteiger partial charge in [-0.15, -0.1) is 0 Å². The molecule has 0 unspecified atom stereocenters. The minimum atomic E-state index is -0.262. The summed E-state index contributed by atoms with van der Waals surface area (Å²) in [4.78, 5) is 14.7. The van der Waals surface area contributed by atoms with Crippen LogP contribution in [-0.2, 0) is 0 Å². The average Bonchev–Trinajstić information content (AvgIpc) is 3.73. The highest BCUT2D eigenvalue weighted by molar-refractivity contribution is 6.01. The molecule has 1 saturated heterocycles. The van der Waals surface area contributed by atoms with E-state index < -0.39 is 0 Å². The number of likely N-dealkylation sites (tertiary alicyclic amines) is 1. The number of nitrogens with zero attached hydrogens (tertiary/aromatic N) is 4. The van der Waals surface area contributed by atoms with E-state index in [-0.39, 0.29) is 5.82 Å². The van der Waals surface area contributed by atoms with E-state index in [4.69, 9.17) is 4.74 Å². The summed E-state index contributed by atoms with van der Waals surface area (Å²) in [5.41, 5.74) is 7.39. The molecular formula is C31H27FN6O. The highest BCUT2D eigenvalue weighted by atomic mass is 19.1. The maximum Gasteiger partial charge on any atom is 0.138 e. The highest BCUT2D eigenvalue weighted by Gasteiger charge is 2.15. The number of H-pyrrole nitrogens is 2. The lowest BCUT2D eigenvalue weighted by atomic mass is 10.0. The summed E-state index contributed by atoms with van der Waals surface area (Å²) in [6, 6.07) is 16.8. The zero-order valence-corrected chi connectivity index (χ0v) is 21.3. The molecule has 0 aliphatic carbocycles. The summed E-state index contributed by atoms with van der Waals surface area (Å²) in [6.45, 7) is 3.92. The first kappa shape index (κ1) is 23.5. The van der Waals surface area contributed by atoms with Crippen molar-refractivity contribution in [3.05, 3.63) is 85.2 Å². The summed E-state index contributed by atoms with van der Waals surface area (Å²) < 4.78 is 19.5. The predicted octanol–water partition coefficient (Wildman–Crippen LogP) is 6.45. The standard InChI is InChI=1S/C31H27FN6O/c32-23-6-3-20(4-7-23)27-18-34-19-30-25(27)15-29(35-30)31-26-14-21(5-8-28(26)36-37-31)22-13-24(17-33-16-22)39-12-11-38-9-1-2-10-38/h3-8,13-19,35H,1-2,9-12H2,(H,36,37). The maximum absolute atomic E-state index is 13.5. The second kappa shape index (κ2) is 9.96. The molecule has 0 radical (unpaired) electrons. The van der Waals surface area contributed by atoms with Crippen LogP contribution in [0.5, 0.6) is 5.75 Å². The first-order valence-corrected chi connectivity index (χ1v) is 13.2. The molecule has 0 atom stereocenters. The number of pyridine rings is 2. The van der Waals surface area contributed by atoms with Crippen LogP contribution in [0.25, 0.3) is 55.4 Å². The van der Waals surface area contributed by atoms with E-state index in [0.29, 0.717) is 6.61 Å². The summed E-state index contributed by atoms with van der Waals surface area (Å²) in [7, 11) is 0. The summed E-state index contributed by atoms with van der Waals surface area (Å²) in [5.74, 6) is 0.512. The number of fused-ring (bicyclic) bond motifs is 2. The molecule has 7 rings (SSSR count). The molecule has 1 fully saturated rings. The molecule has 6 aromatic rings.